The molecule has 2 rings (SSSR count). The standard InChI is InChI=1S/C14H17NO4S/c1-9(16)15-13(14(17)18)8-20(19)12-6-5-10-3-2-4-11(10)7-12/h5-7,13H,2-4,8H2,1H3,(H,15,16)(H,17,18). The van der Waals surface area contributed by atoms with E-state index in [-0.39, 0.29) is 5.75 Å². The number of benzene rings is 1. The molecule has 2 N–H and O–H groups in total. The molecule has 0 saturated heterocycles. The van der Waals surface area contributed by atoms with Crippen molar-refractivity contribution in [3.05, 3.63) is 29.3 Å². The Labute approximate surface area is 119 Å². The third-order valence-electron chi connectivity index (χ3n) is 3.33. The number of hydrogen-bond acceptors (Lipinski definition) is 3. The highest BCUT2D eigenvalue weighted by atomic mass is 32.2. The van der Waals surface area contributed by atoms with Crippen molar-refractivity contribution in [2.75, 3.05) is 5.75 Å². The summed E-state index contributed by atoms with van der Waals surface area (Å²) >= 11 is 0. The van der Waals surface area contributed by atoms with Crippen LogP contribution < -0.4 is 5.32 Å². The maximum atomic E-state index is 12.2. The molecule has 0 fully saturated rings. The van der Waals surface area contributed by atoms with Gasteiger partial charge in [0, 0.05) is 11.8 Å². The number of amides is 1. The summed E-state index contributed by atoms with van der Waals surface area (Å²) in [4.78, 5) is 22.6. The molecule has 1 aliphatic rings. The first-order chi connectivity index (χ1) is 9.47. The summed E-state index contributed by atoms with van der Waals surface area (Å²) in [6.45, 7) is 1.24. The Morgan fingerprint density at radius 3 is 2.70 bits per heavy atom. The lowest BCUT2D eigenvalue weighted by molar-refractivity contribution is -0.140. The number of carbonyl (C=O) groups is 2. The molecule has 5 nitrogen and oxygen atoms in total. The number of fused-ring (bicyclic) bond motifs is 1. The first-order valence-corrected chi connectivity index (χ1v) is 7.79. The van der Waals surface area contributed by atoms with Gasteiger partial charge in [0.25, 0.3) is 0 Å². The SMILES string of the molecule is CC(=O)NC(CS(=O)c1ccc2c(c1)CCC2)C(=O)O. The van der Waals surface area contributed by atoms with Gasteiger partial charge in [0.2, 0.25) is 5.91 Å². The van der Waals surface area contributed by atoms with E-state index in [0.29, 0.717) is 4.90 Å². The van der Waals surface area contributed by atoms with Crippen molar-refractivity contribution < 1.29 is 18.9 Å². The van der Waals surface area contributed by atoms with Gasteiger partial charge in [-0.1, -0.05) is 6.07 Å². The summed E-state index contributed by atoms with van der Waals surface area (Å²) < 4.78 is 12.2. The minimum atomic E-state index is -1.44. The highest BCUT2D eigenvalue weighted by Gasteiger charge is 2.22. The number of nitrogens with one attached hydrogen (secondary N) is 1. The lowest BCUT2D eigenvalue weighted by atomic mass is 10.1. The molecule has 20 heavy (non-hydrogen) atoms. The molecule has 0 radical (unpaired) electrons. The molecule has 1 aromatic rings. The van der Waals surface area contributed by atoms with Crippen LogP contribution in [0.15, 0.2) is 23.1 Å². The van der Waals surface area contributed by atoms with E-state index < -0.39 is 28.7 Å². The van der Waals surface area contributed by atoms with Crippen LogP contribution in [-0.2, 0) is 33.2 Å². The molecule has 6 heteroatoms. The van der Waals surface area contributed by atoms with Gasteiger partial charge in [-0.25, -0.2) is 4.79 Å². The van der Waals surface area contributed by atoms with Crippen LogP contribution >= 0.6 is 0 Å². The van der Waals surface area contributed by atoms with Crippen molar-refractivity contribution in [2.24, 2.45) is 0 Å². The van der Waals surface area contributed by atoms with Gasteiger partial charge in [-0.3, -0.25) is 9.00 Å². The van der Waals surface area contributed by atoms with E-state index in [1.165, 1.54) is 18.1 Å². The molecule has 1 aliphatic carbocycles. The Balaban J connectivity index is 2.10. The first-order valence-electron chi connectivity index (χ1n) is 6.47. The van der Waals surface area contributed by atoms with Gasteiger partial charge in [-0.2, -0.15) is 0 Å². The van der Waals surface area contributed by atoms with Crippen molar-refractivity contribution >= 4 is 22.7 Å². The van der Waals surface area contributed by atoms with Crippen LogP contribution in [-0.4, -0.2) is 33.0 Å². The zero-order valence-corrected chi connectivity index (χ0v) is 12.0. The van der Waals surface area contributed by atoms with E-state index >= 15 is 0 Å². The van der Waals surface area contributed by atoms with Crippen LogP contribution in [0.1, 0.15) is 24.5 Å². The summed E-state index contributed by atoms with van der Waals surface area (Å²) in [5.74, 6) is -1.73. The van der Waals surface area contributed by atoms with Crippen molar-refractivity contribution in [1.82, 2.24) is 5.32 Å². The van der Waals surface area contributed by atoms with E-state index in [0.717, 1.165) is 19.3 Å². The minimum absolute atomic E-state index is 0.117. The Morgan fingerprint density at radius 2 is 2.05 bits per heavy atom. The van der Waals surface area contributed by atoms with Crippen LogP contribution in [0.3, 0.4) is 0 Å². The number of carboxylic acids is 1. The fraction of sp³-hybridized carbons (Fsp3) is 0.429. The smallest absolute Gasteiger partial charge is 0.327 e. The van der Waals surface area contributed by atoms with Crippen LogP contribution in [0.5, 0.6) is 0 Å². The summed E-state index contributed by atoms with van der Waals surface area (Å²) in [5, 5.41) is 11.3. The highest BCUT2D eigenvalue weighted by Crippen LogP contribution is 2.24. The monoisotopic (exact) mass is 295 g/mol. The largest absolute Gasteiger partial charge is 0.480 e. The molecule has 2 atom stereocenters. The molecule has 0 spiro atoms. The zero-order chi connectivity index (χ0) is 14.7. The Bertz CT molecular complexity index is 570. The van der Waals surface area contributed by atoms with E-state index in [2.05, 4.69) is 5.32 Å². The van der Waals surface area contributed by atoms with Crippen molar-refractivity contribution in [3.63, 3.8) is 0 Å². The van der Waals surface area contributed by atoms with Gasteiger partial charge in [-0.15, -0.1) is 0 Å². The first kappa shape index (κ1) is 14.7. The molecule has 0 aliphatic heterocycles. The molecule has 0 aromatic heterocycles. The number of carbonyl (C=O) groups excluding carboxylic acids is 1. The normalized spacial score (nSPS) is 16.2. The van der Waals surface area contributed by atoms with Gasteiger partial charge >= 0.3 is 5.97 Å². The topological polar surface area (TPSA) is 83.5 Å². The van der Waals surface area contributed by atoms with Crippen molar-refractivity contribution in [3.8, 4) is 0 Å². The molecular weight excluding hydrogens is 278 g/mol. The number of aliphatic carboxylic acids is 1. The number of carboxylic acid groups (broad SMARTS) is 1. The molecule has 0 saturated carbocycles. The summed E-state index contributed by atoms with van der Waals surface area (Å²) in [6.07, 6.45) is 3.13. The molecule has 108 valence electrons. The fourth-order valence-electron chi connectivity index (χ4n) is 2.36. The van der Waals surface area contributed by atoms with Crippen molar-refractivity contribution in [2.45, 2.75) is 37.1 Å². The second kappa shape index (κ2) is 6.17. The number of rotatable bonds is 5. The predicted octanol–water partition coefficient (Wildman–Crippen LogP) is 0.872. The average Bonchev–Trinajstić information content (AvgIpc) is 2.84. The molecular formula is C14H17NO4S. The zero-order valence-electron chi connectivity index (χ0n) is 11.2. The second-order valence-electron chi connectivity index (χ2n) is 4.89. The van der Waals surface area contributed by atoms with Gasteiger partial charge in [-0.05, 0) is 42.5 Å². The van der Waals surface area contributed by atoms with Gasteiger partial charge in [0.05, 0.1) is 16.6 Å². The molecule has 2 unspecified atom stereocenters. The van der Waals surface area contributed by atoms with Crippen LogP contribution in [0, 0.1) is 0 Å². The van der Waals surface area contributed by atoms with Gasteiger partial charge in [0.1, 0.15) is 6.04 Å². The van der Waals surface area contributed by atoms with E-state index in [1.54, 1.807) is 6.07 Å². The number of hydrogen-bond donors (Lipinski definition) is 2. The lowest BCUT2D eigenvalue weighted by Gasteiger charge is -2.13. The van der Waals surface area contributed by atoms with Gasteiger partial charge < -0.3 is 10.4 Å². The van der Waals surface area contributed by atoms with E-state index in [4.69, 9.17) is 5.11 Å². The van der Waals surface area contributed by atoms with E-state index in [9.17, 15) is 13.8 Å². The summed E-state index contributed by atoms with van der Waals surface area (Å²) in [7, 11) is -1.44. The lowest BCUT2D eigenvalue weighted by Crippen LogP contribution is -2.43. The summed E-state index contributed by atoms with van der Waals surface area (Å²) in [5.41, 5.74) is 2.48. The molecule has 0 bridgehead atoms. The van der Waals surface area contributed by atoms with Crippen LogP contribution in [0.4, 0.5) is 0 Å². The van der Waals surface area contributed by atoms with Gasteiger partial charge in [0.15, 0.2) is 0 Å². The maximum Gasteiger partial charge on any atom is 0.327 e. The maximum absolute atomic E-state index is 12.2. The minimum Gasteiger partial charge on any atom is -0.480 e. The highest BCUT2D eigenvalue weighted by molar-refractivity contribution is 7.85. The Hall–Kier alpha value is -1.69. The third-order valence-corrected chi connectivity index (χ3v) is 4.74. The molecule has 0 heterocycles. The number of aryl methyl sites for hydroxylation is 2. The third kappa shape index (κ3) is 3.45. The average molecular weight is 295 g/mol. The Morgan fingerprint density at radius 1 is 1.35 bits per heavy atom. The summed E-state index contributed by atoms with van der Waals surface area (Å²) in [6, 6.07) is 4.52. The fourth-order valence-corrected chi connectivity index (χ4v) is 3.57. The molecule has 1 amide bonds. The van der Waals surface area contributed by atoms with Crippen molar-refractivity contribution in [1.29, 1.82) is 0 Å². The Kier molecular flexibility index (Phi) is 4.54. The van der Waals surface area contributed by atoms with Crippen LogP contribution in [0.2, 0.25) is 0 Å². The predicted molar refractivity (Wildman–Crippen MR) is 75.0 cm³/mol. The second-order valence-corrected chi connectivity index (χ2v) is 6.38. The van der Waals surface area contributed by atoms with Crippen LogP contribution in [0.25, 0.3) is 0 Å². The molecule has 1 aromatic carbocycles. The van der Waals surface area contributed by atoms with E-state index in [1.807, 2.05) is 12.1 Å². The quantitative estimate of drug-likeness (QED) is 0.844.